The van der Waals surface area contributed by atoms with E-state index in [9.17, 15) is 0 Å². The van der Waals surface area contributed by atoms with Crippen LogP contribution in [0.2, 0.25) is 0 Å². The van der Waals surface area contributed by atoms with Crippen LogP contribution in [0.4, 0.5) is 0 Å². The minimum absolute atomic E-state index is 0.360. The molecule has 0 spiro atoms. The number of fused-ring (bicyclic) bond motifs is 1. The normalized spacial score (nSPS) is 29.4. The molecule has 0 radical (unpaired) electrons. The SMILES string of the molecule is CN1CCC(CNC2c3ccccc3CCC2(C)C)C1. The van der Waals surface area contributed by atoms with E-state index in [1.54, 1.807) is 5.56 Å². The fourth-order valence-corrected chi connectivity index (χ4v) is 3.93. The van der Waals surface area contributed by atoms with Crippen LogP contribution in [0.15, 0.2) is 24.3 Å². The Labute approximate surface area is 123 Å². The van der Waals surface area contributed by atoms with Crippen molar-refractivity contribution in [3.05, 3.63) is 35.4 Å². The van der Waals surface area contributed by atoms with E-state index < -0.39 is 0 Å². The van der Waals surface area contributed by atoms with Crippen LogP contribution >= 0.6 is 0 Å². The molecule has 2 atom stereocenters. The average Bonchev–Trinajstić information content (AvgIpc) is 2.83. The maximum atomic E-state index is 3.90. The molecule has 0 amide bonds. The zero-order valence-corrected chi connectivity index (χ0v) is 13.2. The maximum Gasteiger partial charge on any atom is 0.0374 e. The van der Waals surface area contributed by atoms with Gasteiger partial charge in [0.15, 0.2) is 0 Å². The summed E-state index contributed by atoms with van der Waals surface area (Å²) in [6, 6.07) is 9.52. The second kappa shape index (κ2) is 5.50. The number of rotatable bonds is 3. The van der Waals surface area contributed by atoms with Crippen molar-refractivity contribution in [2.45, 2.75) is 39.2 Å². The van der Waals surface area contributed by atoms with Gasteiger partial charge in [-0.3, -0.25) is 0 Å². The Morgan fingerprint density at radius 2 is 2.10 bits per heavy atom. The van der Waals surface area contributed by atoms with Gasteiger partial charge in [-0.25, -0.2) is 0 Å². The molecule has 20 heavy (non-hydrogen) atoms. The molecule has 2 nitrogen and oxygen atoms in total. The number of benzene rings is 1. The largest absolute Gasteiger partial charge is 0.309 e. The van der Waals surface area contributed by atoms with Crippen molar-refractivity contribution in [3.63, 3.8) is 0 Å². The topological polar surface area (TPSA) is 15.3 Å². The molecular weight excluding hydrogens is 244 g/mol. The highest BCUT2D eigenvalue weighted by atomic mass is 15.1. The van der Waals surface area contributed by atoms with Crippen LogP contribution < -0.4 is 5.32 Å². The zero-order valence-electron chi connectivity index (χ0n) is 13.2. The first-order chi connectivity index (χ1) is 9.56. The van der Waals surface area contributed by atoms with Gasteiger partial charge in [-0.15, -0.1) is 0 Å². The number of nitrogens with one attached hydrogen (secondary N) is 1. The number of hydrogen-bond acceptors (Lipinski definition) is 2. The van der Waals surface area contributed by atoms with Gasteiger partial charge in [0, 0.05) is 12.6 Å². The maximum absolute atomic E-state index is 3.90. The monoisotopic (exact) mass is 272 g/mol. The van der Waals surface area contributed by atoms with Crippen molar-refractivity contribution < 1.29 is 0 Å². The van der Waals surface area contributed by atoms with Gasteiger partial charge >= 0.3 is 0 Å². The molecule has 110 valence electrons. The third kappa shape index (κ3) is 2.77. The summed E-state index contributed by atoms with van der Waals surface area (Å²) in [5, 5.41) is 3.90. The first-order valence-electron chi connectivity index (χ1n) is 8.06. The van der Waals surface area contributed by atoms with Gasteiger partial charge in [0.25, 0.3) is 0 Å². The first-order valence-corrected chi connectivity index (χ1v) is 8.06. The summed E-state index contributed by atoms with van der Waals surface area (Å²) >= 11 is 0. The van der Waals surface area contributed by atoms with E-state index in [0.29, 0.717) is 11.5 Å². The second-order valence-electron chi connectivity index (χ2n) is 7.45. The van der Waals surface area contributed by atoms with Gasteiger partial charge in [-0.05, 0) is 61.9 Å². The van der Waals surface area contributed by atoms with Crippen LogP contribution in [0.5, 0.6) is 0 Å². The van der Waals surface area contributed by atoms with Crippen molar-refractivity contribution in [2.24, 2.45) is 11.3 Å². The number of aryl methyl sites for hydroxylation is 1. The number of nitrogens with zero attached hydrogens (tertiary/aromatic N) is 1. The zero-order chi connectivity index (χ0) is 14.2. The van der Waals surface area contributed by atoms with E-state index in [1.807, 2.05) is 0 Å². The Balaban J connectivity index is 1.73. The van der Waals surface area contributed by atoms with E-state index in [2.05, 4.69) is 55.4 Å². The third-order valence-electron chi connectivity index (χ3n) is 5.29. The van der Waals surface area contributed by atoms with Crippen LogP contribution in [0.25, 0.3) is 0 Å². The van der Waals surface area contributed by atoms with Crippen molar-refractivity contribution in [2.75, 3.05) is 26.7 Å². The van der Waals surface area contributed by atoms with E-state index in [1.165, 1.54) is 37.9 Å². The standard InChI is InChI=1S/C18H28N2/c1-18(2)10-8-15-6-4-5-7-16(15)17(18)19-12-14-9-11-20(3)13-14/h4-7,14,17,19H,8-13H2,1-3H3. The Hall–Kier alpha value is -0.860. The highest BCUT2D eigenvalue weighted by molar-refractivity contribution is 5.34. The Kier molecular flexibility index (Phi) is 3.87. The minimum atomic E-state index is 0.360. The lowest BCUT2D eigenvalue weighted by Gasteiger charge is -2.41. The molecule has 0 bridgehead atoms. The second-order valence-corrected chi connectivity index (χ2v) is 7.45. The molecular formula is C18H28N2. The van der Waals surface area contributed by atoms with Gasteiger partial charge < -0.3 is 10.2 Å². The summed E-state index contributed by atoms with van der Waals surface area (Å²) in [6.07, 6.45) is 3.86. The summed E-state index contributed by atoms with van der Waals surface area (Å²) in [4.78, 5) is 2.45. The van der Waals surface area contributed by atoms with E-state index in [0.717, 1.165) is 12.5 Å². The van der Waals surface area contributed by atoms with Crippen LogP contribution in [-0.2, 0) is 6.42 Å². The molecule has 3 rings (SSSR count). The van der Waals surface area contributed by atoms with Gasteiger partial charge in [0.1, 0.15) is 0 Å². The quantitative estimate of drug-likeness (QED) is 0.908. The number of likely N-dealkylation sites (tertiary alicyclic amines) is 1. The summed E-state index contributed by atoms with van der Waals surface area (Å²) in [5.41, 5.74) is 3.45. The molecule has 1 aliphatic heterocycles. The van der Waals surface area contributed by atoms with Crippen molar-refractivity contribution in [1.29, 1.82) is 0 Å². The lowest BCUT2D eigenvalue weighted by atomic mass is 9.70. The Morgan fingerprint density at radius 1 is 1.30 bits per heavy atom. The fourth-order valence-electron chi connectivity index (χ4n) is 3.93. The van der Waals surface area contributed by atoms with Gasteiger partial charge in [-0.1, -0.05) is 38.1 Å². The van der Waals surface area contributed by atoms with Crippen molar-refractivity contribution in [1.82, 2.24) is 10.2 Å². The van der Waals surface area contributed by atoms with E-state index in [4.69, 9.17) is 0 Å². The summed E-state index contributed by atoms with van der Waals surface area (Å²) in [5.74, 6) is 0.824. The molecule has 0 aromatic heterocycles. The highest BCUT2D eigenvalue weighted by Crippen LogP contribution is 2.43. The van der Waals surface area contributed by atoms with Crippen molar-refractivity contribution >= 4 is 0 Å². The van der Waals surface area contributed by atoms with Gasteiger partial charge in [-0.2, -0.15) is 0 Å². The lowest BCUT2D eigenvalue weighted by Crippen LogP contribution is -2.40. The molecule has 2 heteroatoms. The Bertz CT molecular complexity index is 466. The van der Waals surface area contributed by atoms with Gasteiger partial charge in [0.05, 0.1) is 0 Å². The van der Waals surface area contributed by atoms with Crippen LogP contribution in [0.1, 0.15) is 43.9 Å². The van der Waals surface area contributed by atoms with Crippen LogP contribution in [0, 0.1) is 11.3 Å². The fraction of sp³-hybridized carbons (Fsp3) is 0.667. The predicted molar refractivity (Wildman–Crippen MR) is 84.9 cm³/mol. The summed E-state index contributed by atoms with van der Waals surface area (Å²) in [7, 11) is 2.24. The molecule has 1 aromatic rings. The lowest BCUT2D eigenvalue weighted by molar-refractivity contribution is 0.202. The smallest absolute Gasteiger partial charge is 0.0374 e. The van der Waals surface area contributed by atoms with Crippen molar-refractivity contribution in [3.8, 4) is 0 Å². The van der Waals surface area contributed by atoms with Gasteiger partial charge in [0.2, 0.25) is 0 Å². The molecule has 1 aliphatic carbocycles. The molecule has 0 saturated carbocycles. The summed E-state index contributed by atoms with van der Waals surface area (Å²) in [6.45, 7) is 8.51. The van der Waals surface area contributed by atoms with Crippen LogP contribution in [-0.4, -0.2) is 31.6 Å². The molecule has 1 heterocycles. The van der Waals surface area contributed by atoms with E-state index in [-0.39, 0.29) is 0 Å². The Morgan fingerprint density at radius 3 is 2.85 bits per heavy atom. The predicted octanol–water partition coefficient (Wildman–Crippen LogP) is 3.24. The van der Waals surface area contributed by atoms with E-state index >= 15 is 0 Å². The molecule has 1 fully saturated rings. The molecule has 2 unspecified atom stereocenters. The first kappa shape index (κ1) is 14.1. The van der Waals surface area contributed by atoms with Crippen LogP contribution in [0.3, 0.4) is 0 Å². The highest BCUT2D eigenvalue weighted by Gasteiger charge is 2.35. The summed E-state index contributed by atoms with van der Waals surface area (Å²) < 4.78 is 0. The molecule has 1 aromatic carbocycles. The third-order valence-corrected chi connectivity index (χ3v) is 5.29. The molecule has 1 N–H and O–H groups in total. The molecule has 1 saturated heterocycles. The number of hydrogen-bond donors (Lipinski definition) is 1. The minimum Gasteiger partial charge on any atom is -0.309 e. The molecule has 2 aliphatic rings. The average molecular weight is 272 g/mol.